The molecule has 0 aliphatic heterocycles. The zero-order chi connectivity index (χ0) is 19.1. The van der Waals surface area contributed by atoms with Crippen molar-refractivity contribution in [3.63, 3.8) is 0 Å². The molecule has 0 aliphatic carbocycles. The van der Waals surface area contributed by atoms with E-state index in [1.165, 1.54) is 11.8 Å². The number of nitrogens with one attached hydrogen (secondary N) is 2. The zero-order valence-electron chi connectivity index (χ0n) is 15.8. The van der Waals surface area contributed by atoms with Crippen molar-refractivity contribution in [3.8, 4) is 0 Å². The van der Waals surface area contributed by atoms with Crippen LogP contribution in [-0.4, -0.2) is 35.2 Å². The van der Waals surface area contributed by atoms with Crippen molar-refractivity contribution >= 4 is 29.0 Å². The van der Waals surface area contributed by atoms with E-state index in [9.17, 15) is 9.59 Å². The summed E-state index contributed by atoms with van der Waals surface area (Å²) in [6.07, 6.45) is 2.46. The molecule has 6 nitrogen and oxygen atoms in total. The highest BCUT2D eigenvalue weighted by molar-refractivity contribution is 7.98. The third-order valence-electron chi connectivity index (χ3n) is 4.28. The maximum absolute atomic E-state index is 12.2. The minimum absolute atomic E-state index is 0.117. The fraction of sp³-hybridized carbons (Fsp3) is 0.421. The molecule has 0 radical (unpaired) electrons. The molecule has 0 saturated carbocycles. The fourth-order valence-electron chi connectivity index (χ4n) is 2.78. The molecule has 26 heavy (non-hydrogen) atoms. The van der Waals surface area contributed by atoms with E-state index < -0.39 is 0 Å². The summed E-state index contributed by atoms with van der Waals surface area (Å²) < 4.78 is 0. The number of rotatable bonds is 8. The molecule has 0 aliphatic rings. The van der Waals surface area contributed by atoms with Crippen molar-refractivity contribution in [2.24, 2.45) is 0 Å². The molecule has 1 aromatic heterocycles. The monoisotopic (exact) mass is 374 g/mol. The predicted octanol–water partition coefficient (Wildman–Crippen LogP) is 3.22. The van der Waals surface area contributed by atoms with Crippen LogP contribution in [0.4, 0.5) is 11.4 Å². The first-order valence-electron chi connectivity index (χ1n) is 8.77. The van der Waals surface area contributed by atoms with Crippen LogP contribution in [0.5, 0.6) is 0 Å². The molecule has 0 saturated heterocycles. The normalized spacial score (nSPS) is 10.6. The third kappa shape index (κ3) is 5.11. The maximum Gasteiger partial charge on any atom is 0.254 e. The van der Waals surface area contributed by atoms with Gasteiger partial charge in [-0.15, -0.1) is 0 Å². The van der Waals surface area contributed by atoms with Gasteiger partial charge in [0.25, 0.3) is 5.56 Å². The van der Waals surface area contributed by atoms with Gasteiger partial charge in [-0.3, -0.25) is 9.59 Å². The van der Waals surface area contributed by atoms with Crippen LogP contribution in [0.1, 0.15) is 31.5 Å². The van der Waals surface area contributed by atoms with Gasteiger partial charge in [0.1, 0.15) is 0 Å². The van der Waals surface area contributed by atoms with Crippen LogP contribution in [0.3, 0.4) is 0 Å². The summed E-state index contributed by atoms with van der Waals surface area (Å²) in [5.74, 6) is -0.117. The largest absolute Gasteiger partial charge is 0.372 e. The molecule has 0 spiro atoms. The molecule has 2 N–H and O–H groups in total. The highest BCUT2D eigenvalue weighted by Crippen LogP contribution is 2.18. The van der Waals surface area contributed by atoms with Crippen LogP contribution in [0, 0.1) is 6.92 Å². The summed E-state index contributed by atoms with van der Waals surface area (Å²) in [6, 6.07) is 7.81. The van der Waals surface area contributed by atoms with Gasteiger partial charge in [0.15, 0.2) is 5.16 Å². The molecular formula is C19H26N4O2S. The predicted molar refractivity (Wildman–Crippen MR) is 108 cm³/mol. The number of anilines is 2. The summed E-state index contributed by atoms with van der Waals surface area (Å²) in [6.45, 7) is 7.92. The Hall–Kier alpha value is -2.28. The lowest BCUT2D eigenvalue weighted by molar-refractivity contribution is -0.116. The Labute approximate surface area is 158 Å². The van der Waals surface area contributed by atoms with E-state index in [1.807, 2.05) is 30.5 Å². The summed E-state index contributed by atoms with van der Waals surface area (Å²) in [5, 5.41) is 3.47. The Bertz CT molecular complexity index is 798. The second-order valence-electron chi connectivity index (χ2n) is 5.91. The third-order valence-corrected chi connectivity index (χ3v) is 4.86. The molecule has 2 rings (SSSR count). The molecule has 0 bridgehead atoms. The standard InChI is InChI=1S/C19H26N4O2S/c1-5-23(6-2)15-9-7-14(8-10-15)21-17(24)12-11-16-13(3)20-19(26-4)22-18(16)25/h7-10H,5-6,11-12H2,1-4H3,(H,21,24)(H,20,22,25). The first-order valence-corrected chi connectivity index (χ1v) is 9.99. The molecule has 7 heteroatoms. The van der Waals surface area contributed by atoms with Gasteiger partial charge in [-0.25, -0.2) is 4.98 Å². The van der Waals surface area contributed by atoms with Crippen molar-refractivity contribution in [1.82, 2.24) is 9.97 Å². The van der Waals surface area contributed by atoms with Crippen LogP contribution < -0.4 is 15.8 Å². The topological polar surface area (TPSA) is 78.1 Å². The number of hydrogen-bond acceptors (Lipinski definition) is 5. The quantitative estimate of drug-likeness (QED) is 0.548. The van der Waals surface area contributed by atoms with Crippen LogP contribution in [-0.2, 0) is 11.2 Å². The number of amides is 1. The van der Waals surface area contributed by atoms with Gasteiger partial charge in [-0.1, -0.05) is 11.8 Å². The highest BCUT2D eigenvalue weighted by atomic mass is 32.2. The average molecular weight is 375 g/mol. The summed E-state index contributed by atoms with van der Waals surface area (Å²) >= 11 is 1.39. The highest BCUT2D eigenvalue weighted by Gasteiger charge is 2.11. The number of benzene rings is 1. The molecule has 140 valence electrons. The molecule has 0 unspecified atom stereocenters. The molecule has 1 amide bonds. The van der Waals surface area contributed by atoms with E-state index in [1.54, 1.807) is 6.92 Å². The minimum Gasteiger partial charge on any atom is -0.372 e. The van der Waals surface area contributed by atoms with E-state index in [4.69, 9.17) is 0 Å². The summed E-state index contributed by atoms with van der Waals surface area (Å²) in [5.41, 5.74) is 2.96. The van der Waals surface area contributed by atoms with E-state index >= 15 is 0 Å². The van der Waals surface area contributed by atoms with Crippen molar-refractivity contribution in [2.45, 2.75) is 38.8 Å². The molecular weight excluding hydrogens is 348 g/mol. The molecule has 1 aromatic carbocycles. The van der Waals surface area contributed by atoms with Crippen LogP contribution in [0.25, 0.3) is 0 Å². The number of nitrogens with zero attached hydrogens (tertiary/aromatic N) is 2. The van der Waals surface area contributed by atoms with Crippen LogP contribution in [0.2, 0.25) is 0 Å². The second-order valence-corrected chi connectivity index (χ2v) is 6.70. The lowest BCUT2D eigenvalue weighted by Gasteiger charge is -2.21. The number of aryl methyl sites for hydroxylation is 1. The number of H-pyrrole nitrogens is 1. The Kier molecular flexibility index (Phi) is 7.26. The SMILES string of the molecule is CCN(CC)c1ccc(NC(=O)CCc2c(C)nc(SC)[nH]c2=O)cc1. The number of carbonyl (C=O) groups is 1. The van der Waals surface area contributed by atoms with Crippen LogP contribution in [0.15, 0.2) is 34.2 Å². The second kappa shape index (κ2) is 9.43. The van der Waals surface area contributed by atoms with Gasteiger partial charge < -0.3 is 15.2 Å². The smallest absolute Gasteiger partial charge is 0.254 e. The van der Waals surface area contributed by atoms with Crippen molar-refractivity contribution in [2.75, 3.05) is 29.6 Å². The Morgan fingerprint density at radius 3 is 2.42 bits per heavy atom. The lowest BCUT2D eigenvalue weighted by Crippen LogP contribution is -2.22. The first-order chi connectivity index (χ1) is 12.5. The number of hydrogen-bond donors (Lipinski definition) is 2. The Morgan fingerprint density at radius 1 is 1.23 bits per heavy atom. The number of thioether (sulfide) groups is 1. The zero-order valence-corrected chi connectivity index (χ0v) is 16.6. The van der Waals surface area contributed by atoms with Gasteiger partial charge >= 0.3 is 0 Å². The van der Waals surface area contributed by atoms with E-state index in [-0.39, 0.29) is 17.9 Å². The number of carbonyl (C=O) groups excluding carboxylic acids is 1. The van der Waals surface area contributed by atoms with E-state index in [0.717, 1.165) is 24.5 Å². The fourth-order valence-corrected chi connectivity index (χ4v) is 3.21. The average Bonchev–Trinajstić information content (AvgIpc) is 2.63. The van der Waals surface area contributed by atoms with Crippen molar-refractivity contribution < 1.29 is 4.79 Å². The maximum atomic E-state index is 12.2. The summed E-state index contributed by atoms with van der Waals surface area (Å²) in [4.78, 5) is 33.6. The van der Waals surface area contributed by atoms with Gasteiger partial charge in [0.2, 0.25) is 5.91 Å². The van der Waals surface area contributed by atoms with Gasteiger partial charge in [0, 0.05) is 42.1 Å². The summed E-state index contributed by atoms with van der Waals surface area (Å²) in [7, 11) is 0. The lowest BCUT2D eigenvalue weighted by atomic mass is 10.1. The number of aromatic nitrogens is 2. The van der Waals surface area contributed by atoms with Gasteiger partial charge in [-0.05, 0) is 57.7 Å². The van der Waals surface area contributed by atoms with E-state index in [0.29, 0.717) is 22.8 Å². The van der Waals surface area contributed by atoms with Crippen LogP contribution >= 0.6 is 11.8 Å². The van der Waals surface area contributed by atoms with Crippen molar-refractivity contribution in [3.05, 3.63) is 45.9 Å². The Morgan fingerprint density at radius 2 is 1.88 bits per heavy atom. The van der Waals surface area contributed by atoms with Gasteiger partial charge in [0.05, 0.1) is 0 Å². The minimum atomic E-state index is -0.168. The van der Waals surface area contributed by atoms with E-state index in [2.05, 4.69) is 34.0 Å². The molecule has 0 fully saturated rings. The van der Waals surface area contributed by atoms with Crippen molar-refractivity contribution in [1.29, 1.82) is 0 Å². The molecule has 2 aromatic rings. The number of aromatic amines is 1. The Balaban J connectivity index is 1.96. The molecule has 1 heterocycles. The van der Waals surface area contributed by atoms with Gasteiger partial charge in [-0.2, -0.15) is 0 Å². The molecule has 0 atom stereocenters. The first kappa shape index (κ1) is 20.0.